The molecule has 2 aromatic carbocycles. The van der Waals surface area contributed by atoms with E-state index in [2.05, 4.69) is 5.32 Å². The summed E-state index contributed by atoms with van der Waals surface area (Å²) >= 11 is 6.31. The Morgan fingerprint density at radius 2 is 1.75 bits per heavy atom. The summed E-state index contributed by atoms with van der Waals surface area (Å²) < 4.78 is 0. The van der Waals surface area contributed by atoms with Gasteiger partial charge in [0.25, 0.3) is 5.91 Å². The maximum Gasteiger partial charge on any atom is 0.255 e. The lowest BCUT2D eigenvalue weighted by Gasteiger charge is -2.27. The van der Waals surface area contributed by atoms with E-state index < -0.39 is 6.04 Å². The van der Waals surface area contributed by atoms with E-state index in [0.29, 0.717) is 22.7 Å². The van der Waals surface area contributed by atoms with E-state index >= 15 is 0 Å². The van der Waals surface area contributed by atoms with Gasteiger partial charge >= 0.3 is 0 Å². The van der Waals surface area contributed by atoms with Crippen molar-refractivity contribution in [1.82, 2.24) is 4.90 Å². The van der Waals surface area contributed by atoms with Crippen LogP contribution in [0.2, 0.25) is 5.02 Å². The molecule has 1 atom stereocenters. The van der Waals surface area contributed by atoms with Crippen molar-refractivity contribution in [2.45, 2.75) is 31.7 Å². The van der Waals surface area contributed by atoms with Gasteiger partial charge in [0, 0.05) is 18.8 Å². The zero-order chi connectivity index (χ0) is 19.2. The number of nitrogens with two attached hydrogens (primary N) is 1. The Balaban J connectivity index is 0.00000280. The molecule has 1 fully saturated rings. The van der Waals surface area contributed by atoms with E-state index in [1.165, 1.54) is 0 Å². The van der Waals surface area contributed by atoms with Gasteiger partial charge in [0.1, 0.15) is 0 Å². The molecule has 3 rings (SSSR count). The van der Waals surface area contributed by atoms with Crippen molar-refractivity contribution < 1.29 is 9.59 Å². The van der Waals surface area contributed by atoms with E-state index in [9.17, 15) is 9.59 Å². The highest BCUT2D eigenvalue weighted by molar-refractivity contribution is 6.34. The maximum absolute atomic E-state index is 12.6. The third kappa shape index (κ3) is 5.71. The highest BCUT2D eigenvalue weighted by Crippen LogP contribution is 2.24. The van der Waals surface area contributed by atoms with E-state index in [1.54, 1.807) is 18.2 Å². The Bertz CT molecular complexity index is 809. The lowest BCUT2D eigenvalue weighted by atomic mass is 10.1. The second kappa shape index (κ2) is 10.5. The first-order valence-corrected chi connectivity index (χ1v) is 9.61. The third-order valence-corrected chi connectivity index (χ3v) is 5.06. The number of anilines is 1. The minimum absolute atomic E-state index is 0. The molecule has 1 aliphatic rings. The summed E-state index contributed by atoms with van der Waals surface area (Å²) in [6, 6.07) is 13.9. The summed E-state index contributed by atoms with van der Waals surface area (Å²) in [5.74, 6) is -0.344. The molecule has 0 bridgehead atoms. The first-order chi connectivity index (χ1) is 13.0. The van der Waals surface area contributed by atoms with E-state index in [-0.39, 0.29) is 24.2 Å². The van der Waals surface area contributed by atoms with Crippen LogP contribution in [-0.4, -0.2) is 35.8 Å². The van der Waals surface area contributed by atoms with E-state index in [0.717, 1.165) is 37.9 Å². The SMILES string of the molecule is Cl.N[C@@H](Cc1ccccc1)C(=O)Nc1ccc(C(=O)N2CCCCC2)c(Cl)c1. The van der Waals surface area contributed by atoms with Gasteiger partial charge in [-0.05, 0) is 49.4 Å². The average Bonchev–Trinajstić information content (AvgIpc) is 2.69. The van der Waals surface area contributed by atoms with Gasteiger partial charge < -0.3 is 16.0 Å². The Morgan fingerprint density at radius 3 is 2.39 bits per heavy atom. The average molecular weight is 422 g/mol. The van der Waals surface area contributed by atoms with Gasteiger partial charge in [-0.15, -0.1) is 12.4 Å². The number of nitrogens with one attached hydrogen (secondary N) is 1. The smallest absolute Gasteiger partial charge is 0.255 e. The van der Waals surface area contributed by atoms with Crippen LogP contribution >= 0.6 is 24.0 Å². The summed E-state index contributed by atoms with van der Waals surface area (Å²) in [5.41, 5.74) is 8.00. The molecule has 0 aromatic heterocycles. The Hall–Kier alpha value is -2.08. The summed E-state index contributed by atoms with van der Waals surface area (Å²) in [6.07, 6.45) is 3.66. The lowest BCUT2D eigenvalue weighted by Crippen LogP contribution is -2.37. The van der Waals surface area contributed by atoms with Gasteiger partial charge in [-0.25, -0.2) is 0 Å². The predicted molar refractivity (Wildman–Crippen MR) is 115 cm³/mol. The van der Waals surface area contributed by atoms with Gasteiger partial charge in [-0.1, -0.05) is 41.9 Å². The van der Waals surface area contributed by atoms with Crippen molar-refractivity contribution in [2.24, 2.45) is 5.73 Å². The molecular weight excluding hydrogens is 397 g/mol. The van der Waals surface area contributed by atoms with Crippen LogP contribution in [0.5, 0.6) is 0 Å². The maximum atomic E-state index is 12.6. The van der Waals surface area contributed by atoms with Crippen LogP contribution in [0.3, 0.4) is 0 Å². The van der Waals surface area contributed by atoms with Crippen LogP contribution in [-0.2, 0) is 11.2 Å². The van der Waals surface area contributed by atoms with Crippen LogP contribution < -0.4 is 11.1 Å². The number of piperidine rings is 1. The molecule has 5 nitrogen and oxygen atoms in total. The van der Waals surface area contributed by atoms with Crippen LogP contribution in [0.4, 0.5) is 5.69 Å². The summed E-state index contributed by atoms with van der Waals surface area (Å²) in [4.78, 5) is 26.8. The Morgan fingerprint density at radius 1 is 1.07 bits per heavy atom. The number of carbonyl (C=O) groups is 2. The fourth-order valence-electron chi connectivity index (χ4n) is 3.23. The minimum Gasteiger partial charge on any atom is -0.339 e. The summed E-state index contributed by atoms with van der Waals surface area (Å²) in [5, 5.41) is 3.11. The van der Waals surface area contributed by atoms with Gasteiger partial charge in [0.2, 0.25) is 5.91 Å². The van der Waals surface area contributed by atoms with Gasteiger partial charge in [-0.3, -0.25) is 9.59 Å². The van der Waals surface area contributed by atoms with Crippen LogP contribution in [0, 0.1) is 0 Å². The zero-order valence-corrected chi connectivity index (χ0v) is 17.1. The molecule has 0 unspecified atom stereocenters. The minimum atomic E-state index is -0.666. The molecule has 0 spiro atoms. The van der Waals surface area contributed by atoms with Crippen molar-refractivity contribution >= 4 is 41.5 Å². The fraction of sp³-hybridized carbons (Fsp3) is 0.333. The normalized spacial score (nSPS) is 14.7. The first kappa shape index (κ1) is 22.2. The number of halogens is 2. The quantitative estimate of drug-likeness (QED) is 0.768. The van der Waals surface area contributed by atoms with Crippen LogP contribution in [0.1, 0.15) is 35.2 Å². The molecule has 7 heteroatoms. The van der Waals surface area contributed by atoms with E-state index in [4.69, 9.17) is 17.3 Å². The molecule has 150 valence electrons. The Labute approximate surface area is 176 Å². The Kier molecular flexibility index (Phi) is 8.30. The number of hydrogen-bond acceptors (Lipinski definition) is 3. The monoisotopic (exact) mass is 421 g/mol. The third-order valence-electron chi connectivity index (χ3n) is 4.75. The molecule has 0 radical (unpaired) electrons. The van der Waals surface area contributed by atoms with E-state index in [1.807, 2.05) is 35.2 Å². The van der Waals surface area contributed by atoms with Crippen molar-refractivity contribution in [1.29, 1.82) is 0 Å². The zero-order valence-electron chi connectivity index (χ0n) is 15.6. The van der Waals surface area contributed by atoms with Crippen molar-refractivity contribution in [3.8, 4) is 0 Å². The topological polar surface area (TPSA) is 75.4 Å². The molecule has 28 heavy (non-hydrogen) atoms. The number of nitrogens with zero attached hydrogens (tertiary/aromatic N) is 1. The second-order valence-corrected chi connectivity index (χ2v) is 7.24. The second-order valence-electron chi connectivity index (χ2n) is 6.83. The number of hydrogen-bond donors (Lipinski definition) is 2. The highest BCUT2D eigenvalue weighted by atomic mass is 35.5. The van der Waals surface area contributed by atoms with Crippen molar-refractivity contribution in [3.05, 3.63) is 64.7 Å². The number of amides is 2. The summed E-state index contributed by atoms with van der Waals surface area (Å²) in [7, 11) is 0. The molecule has 2 amide bonds. The van der Waals surface area contributed by atoms with Gasteiger partial charge in [0.15, 0.2) is 0 Å². The molecule has 2 aromatic rings. The largest absolute Gasteiger partial charge is 0.339 e. The number of benzene rings is 2. The number of rotatable bonds is 5. The van der Waals surface area contributed by atoms with Crippen LogP contribution in [0.25, 0.3) is 0 Å². The highest BCUT2D eigenvalue weighted by Gasteiger charge is 2.21. The first-order valence-electron chi connectivity index (χ1n) is 9.24. The molecule has 0 aliphatic carbocycles. The molecular formula is C21H25Cl2N3O2. The van der Waals surface area contributed by atoms with Crippen LogP contribution in [0.15, 0.2) is 48.5 Å². The molecule has 0 saturated carbocycles. The summed E-state index contributed by atoms with van der Waals surface area (Å²) in [6.45, 7) is 1.53. The van der Waals surface area contributed by atoms with Crippen molar-refractivity contribution in [2.75, 3.05) is 18.4 Å². The number of carbonyl (C=O) groups excluding carboxylic acids is 2. The van der Waals surface area contributed by atoms with Gasteiger partial charge in [0.05, 0.1) is 16.6 Å². The molecule has 1 aliphatic heterocycles. The molecule has 1 saturated heterocycles. The lowest BCUT2D eigenvalue weighted by molar-refractivity contribution is -0.117. The van der Waals surface area contributed by atoms with Gasteiger partial charge in [-0.2, -0.15) is 0 Å². The van der Waals surface area contributed by atoms with Crippen molar-refractivity contribution in [3.63, 3.8) is 0 Å². The predicted octanol–water partition coefficient (Wildman–Crippen LogP) is 3.90. The molecule has 1 heterocycles. The standard InChI is InChI=1S/C21H24ClN3O2.ClH/c22-18-14-16(9-10-17(18)21(27)25-11-5-2-6-12-25)24-20(26)19(23)13-15-7-3-1-4-8-15;/h1,3-4,7-10,14,19H,2,5-6,11-13,23H2,(H,24,26);1H/t19-;/m0./s1. The fourth-order valence-corrected chi connectivity index (χ4v) is 3.49. The molecule has 3 N–H and O–H groups in total. The number of likely N-dealkylation sites (tertiary alicyclic amines) is 1.